The van der Waals surface area contributed by atoms with E-state index in [1.807, 2.05) is 41.5 Å². The predicted octanol–water partition coefficient (Wildman–Crippen LogP) is 2.01. The van der Waals surface area contributed by atoms with Crippen molar-refractivity contribution in [1.29, 1.82) is 0 Å². The van der Waals surface area contributed by atoms with E-state index in [0.717, 1.165) is 0 Å². The molecular formula is C20H30N2O5. The zero-order valence-corrected chi connectivity index (χ0v) is 17.1. The number of ether oxygens (including phenoxy) is 1. The van der Waals surface area contributed by atoms with Crippen LogP contribution in [0.1, 0.15) is 63.0 Å². The molecule has 1 aromatic rings. The van der Waals surface area contributed by atoms with Gasteiger partial charge in [-0.3, -0.25) is 9.59 Å². The van der Waals surface area contributed by atoms with Crippen LogP contribution < -0.4 is 10.6 Å². The molecule has 0 aromatic heterocycles. The maximum absolute atomic E-state index is 12.4. The van der Waals surface area contributed by atoms with Gasteiger partial charge < -0.3 is 20.5 Å². The van der Waals surface area contributed by atoms with Gasteiger partial charge in [0, 0.05) is 18.2 Å². The van der Waals surface area contributed by atoms with Gasteiger partial charge >= 0.3 is 5.97 Å². The van der Waals surface area contributed by atoms with Crippen molar-refractivity contribution in [2.45, 2.75) is 52.4 Å². The van der Waals surface area contributed by atoms with Gasteiger partial charge in [0.2, 0.25) is 5.91 Å². The third-order valence-corrected chi connectivity index (χ3v) is 4.02. The first kappa shape index (κ1) is 22.5. The number of aromatic hydroxyl groups is 1. The normalized spacial score (nSPS) is 11.7. The topological polar surface area (TPSA) is 105 Å². The second-order valence-electron chi connectivity index (χ2n) is 8.45. The van der Waals surface area contributed by atoms with Crippen LogP contribution in [0.4, 0.5) is 0 Å². The fourth-order valence-corrected chi connectivity index (χ4v) is 2.43. The highest BCUT2D eigenvalue weighted by Crippen LogP contribution is 2.39. The number of phenolic OH excluding ortho intramolecular Hbond substituents is 1. The van der Waals surface area contributed by atoms with Gasteiger partial charge in [-0.15, -0.1) is 0 Å². The summed E-state index contributed by atoms with van der Waals surface area (Å²) in [5, 5.41) is 15.4. The zero-order valence-electron chi connectivity index (χ0n) is 17.1. The highest BCUT2D eigenvalue weighted by molar-refractivity contribution is 5.93. The van der Waals surface area contributed by atoms with Crippen LogP contribution in [-0.4, -0.2) is 43.1 Å². The summed E-state index contributed by atoms with van der Waals surface area (Å²) in [4.78, 5) is 35.3. The van der Waals surface area contributed by atoms with E-state index in [-0.39, 0.29) is 34.6 Å². The van der Waals surface area contributed by atoms with E-state index in [9.17, 15) is 19.5 Å². The number of esters is 1. The molecule has 0 bridgehead atoms. The Balaban J connectivity index is 3.03. The molecule has 0 saturated carbocycles. The van der Waals surface area contributed by atoms with Gasteiger partial charge in [0.05, 0.1) is 12.1 Å². The summed E-state index contributed by atoms with van der Waals surface area (Å²) in [5.74, 6) is -1.42. The molecular weight excluding hydrogens is 348 g/mol. The molecule has 0 radical (unpaired) electrons. The van der Waals surface area contributed by atoms with Crippen LogP contribution in [0.3, 0.4) is 0 Å². The molecule has 0 atom stereocenters. The van der Waals surface area contributed by atoms with E-state index in [0.29, 0.717) is 11.1 Å². The molecule has 7 heteroatoms. The monoisotopic (exact) mass is 378 g/mol. The van der Waals surface area contributed by atoms with E-state index in [2.05, 4.69) is 10.6 Å². The van der Waals surface area contributed by atoms with Crippen molar-refractivity contribution >= 4 is 17.8 Å². The number of hydrogen-bond acceptors (Lipinski definition) is 5. The summed E-state index contributed by atoms with van der Waals surface area (Å²) in [6.45, 7) is 11.0. The molecule has 0 heterocycles. The van der Waals surface area contributed by atoms with Gasteiger partial charge in [-0.05, 0) is 23.0 Å². The summed E-state index contributed by atoms with van der Waals surface area (Å²) in [6, 6.07) is 3.19. The van der Waals surface area contributed by atoms with Crippen molar-refractivity contribution < 1.29 is 24.2 Å². The molecule has 0 aliphatic rings. The zero-order chi connectivity index (χ0) is 21.0. The van der Waals surface area contributed by atoms with E-state index in [4.69, 9.17) is 4.74 Å². The molecule has 150 valence electrons. The molecule has 0 spiro atoms. The summed E-state index contributed by atoms with van der Waals surface area (Å²) >= 11 is 0. The average Bonchev–Trinajstić information content (AvgIpc) is 2.55. The van der Waals surface area contributed by atoms with Gasteiger partial charge in [-0.25, -0.2) is 4.79 Å². The number of benzene rings is 1. The van der Waals surface area contributed by atoms with E-state index < -0.39 is 18.5 Å². The Labute approximate surface area is 160 Å². The van der Waals surface area contributed by atoms with Crippen molar-refractivity contribution in [2.75, 3.05) is 20.2 Å². The Kier molecular flexibility index (Phi) is 7.00. The van der Waals surface area contributed by atoms with Crippen LogP contribution in [0, 0.1) is 0 Å². The summed E-state index contributed by atoms with van der Waals surface area (Å²) in [5.41, 5.74) is 0.759. The van der Waals surface area contributed by atoms with Crippen LogP contribution in [0.15, 0.2) is 12.1 Å². The van der Waals surface area contributed by atoms with Gasteiger partial charge in [-0.2, -0.15) is 0 Å². The minimum absolute atomic E-state index is 0.162. The smallest absolute Gasteiger partial charge is 0.338 e. The third kappa shape index (κ3) is 6.27. The number of carbonyl (C=O) groups excluding carboxylic acids is 3. The van der Waals surface area contributed by atoms with Crippen LogP contribution >= 0.6 is 0 Å². The van der Waals surface area contributed by atoms with Gasteiger partial charge in [0.1, 0.15) is 5.75 Å². The molecule has 0 aliphatic carbocycles. The van der Waals surface area contributed by atoms with Crippen LogP contribution in [0.25, 0.3) is 0 Å². The number of amides is 2. The van der Waals surface area contributed by atoms with Crippen LogP contribution in [0.5, 0.6) is 5.75 Å². The van der Waals surface area contributed by atoms with Crippen molar-refractivity contribution in [3.05, 3.63) is 28.8 Å². The Morgan fingerprint density at radius 1 is 0.963 bits per heavy atom. The average molecular weight is 378 g/mol. The molecule has 0 fully saturated rings. The molecule has 1 rings (SSSR count). The third-order valence-electron chi connectivity index (χ3n) is 4.02. The first-order chi connectivity index (χ1) is 12.3. The van der Waals surface area contributed by atoms with Crippen LogP contribution in [0.2, 0.25) is 0 Å². The fourth-order valence-electron chi connectivity index (χ4n) is 2.43. The minimum atomic E-state index is -0.666. The van der Waals surface area contributed by atoms with Crippen molar-refractivity contribution in [2.24, 2.45) is 0 Å². The molecule has 0 aliphatic heterocycles. The van der Waals surface area contributed by atoms with Gasteiger partial charge in [-0.1, -0.05) is 41.5 Å². The maximum Gasteiger partial charge on any atom is 0.338 e. The van der Waals surface area contributed by atoms with Crippen molar-refractivity contribution in [1.82, 2.24) is 10.6 Å². The molecule has 1 aromatic carbocycles. The number of hydrogen-bond donors (Lipinski definition) is 3. The predicted molar refractivity (Wildman–Crippen MR) is 103 cm³/mol. The van der Waals surface area contributed by atoms with E-state index >= 15 is 0 Å². The van der Waals surface area contributed by atoms with E-state index in [1.165, 1.54) is 7.05 Å². The highest BCUT2D eigenvalue weighted by Gasteiger charge is 2.28. The maximum atomic E-state index is 12.4. The lowest BCUT2D eigenvalue weighted by molar-refractivity contribution is -0.127. The van der Waals surface area contributed by atoms with Crippen LogP contribution in [-0.2, 0) is 25.2 Å². The second kappa shape index (κ2) is 8.41. The summed E-state index contributed by atoms with van der Waals surface area (Å²) in [6.07, 6.45) is 0. The van der Waals surface area contributed by atoms with Gasteiger partial charge in [0.25, 0.3) is 5.91 Å². The molecule has 27 heavy (non-hydrogen) atoms. The number of nitrogens with one attached hydrogen (secondary N) is 2. The number of rotatable bonds is 5. The van der Waals surface area contributed by atoms with Crippen molar-refractivity contribution in [3.63, 3.8) is 0 Å². The lowest BCUT2D eigenvalue weighted by Gasteiger charge is -2.27. The molecule has 2 amide bonds. The highest BCUT2D eigenvalue weighted by atomic mass is 16.5. The Hall–Kier alpha value is -2.57. The summed E-state index contributed by atoms with van der Waals surface area (Å²) < 4.78 is 5.07. The largest absolute Gasteiger partial charge is 0.507 e. The van der Waals surface area contributed by atoms with Crippen molar-refractivity contribution in [3.8, 4) is 5.75 Å². The quantitative estimate of drug-likeness (QED) is 0.680. The Morgan fingerprint density at radius 2 is 1.44 bits per heavy atom. The lowest BCUT2D eigenvalue weighted by Crippen LogP contribution is -2.37. The lowest BCUT2D eigenvalue weighted by atomic mass is 9.78. The number of likely N-dealkylation sites (N-methyl/N-ethyl adjacent to an activating group) is 1. The first-order valence-corrected chi connectivity index (χ1v) is 8.79. The molecule has 0 unspecified atom stereocenters. The summed E-state index contributed by atoms with van der Waals surface area (Å²) in [7, 11) is 1.46. The molecule has 0 saturated heterocycles. The molecule has 7 nitrogen and oxygen atoms in total. The van der Waals surface area contributed by atoms with Gasteiger partial charge in [0.15, 0.2) is 6.61 Å². The first-order valence-electron chi connectivity index (χ1n) is 8.79. The second-order valence-corrected chi connectivity index (χ2v) is 8.45. The number of phenols is 1. The Bertz CT molecular complexity index is 692. The fraction of sp³-hybridized carbons (Fsp3) is 0.550. The number of carbonyl (C=O) groups is 3. The molecule has 3 N–H and O–H groups in total. The standard InChI is InChI=1S/C20H30N2O5/c1-19(2,3)13-8-12(9-14(17(13)25)20(4,5)6)18(26)27-11-16(24)22-10-15(23)21-7/h8-9,25H,10-11H2,1-7H3,(H,21,23)(H,22,24). The Morgan fingerprint density at radius 3 is 1.85 bits per heavy atom. The SMILES string of the molecule is CNC(=O)CNC(=O)COC(=O)c1cc(C(C)(C)C)c(O)c(C(C)(C)C)c1. The minimum Gasteiger partial charge on any atom is -0.507 e. The van der Waals surface area contributed by atoms with E-state index in [1.54, 1.807) is 12.1 Å².